The average molecular weight is 307 g/mol. The number of amides is 1. The predicted octanol–water partition coefficient (Wildman–Crippen LogP) is 1.39. The number of piperidine rings is 1. The molecule has 1 aliphatic rings. The largest absolute Gasteiger partial charge is 0.497 e. The zero-order chi connectivity index (χ0) is 15.2. The number of ether oxygens (including phenoxy) is 1. The van der Waals surface area contributed by atoms with Crippen LogP contribution in [-0.4, -0.2) is 49.2 Å². The van der Waals surface area contributed by atoms with Gasteiger partial charge in [0.05, 0.1) is 7.11 Å². The van der Waals surface area contributed by atoms with Gasteiger partial charge in [0.25, 0.3) is 5.91 Å². The predicted molar refractivity (Wildman–Crippen MR) is 86.7 cm³/mol. The molecule has 114 valence electrons. The van der Waals surface area contributed by atoms with E-state index < -0.39 is 0 Å². The summed E-state index contributed by atoms with van der Waals surface area (Å²) < 4.78 is 5.09. The van der Waals surface area contributed by atoms with Gasteiger partial charge >= 0.3 is 0 Å². The molecule has 0 bridgehead atoms. The fraction of sp³-hybridized carbons (Fsp3) is 0.467. The third kappa shape index (κ3) is 4.07. The van der Waals surface area contributed by atoms with Crippen molar-refractivity contribution in [2.24, 2.45) is 0 Å². The fourth-order valence-electron chi connectivity index (χ4n) is 2.40. The second-order valence-corrected chi connectivity index (χ2v) is 5.41. The molecule has 0 aliphatic carbocycles. The van der Waals surface area contributed by atoms with E-state index in [0.717, 1.165) is 36.8 Å². The second-order valence-electron chi connectivity index (χ2n) is 5.02. The Kier molecular flexibility index (Phi) is 5.38. The quantitative estimate of drug-likeness (QED) is 0.827. The maximum Gasteiger partial charge on any atom is 0.251 e. The van der Waals surface area contributed by atoms with E-state index in [9.17, 15) is 4.79 Å². The first kappa shape index (κ1) is 15.6. The molecule has 1 saturated heterocycles. The smallest absolute Gasteiger partial charge is 0.251 e. The molecule has 0 saturated carbocycles. The van der Waals surface area contributed by atoms with Crippen LogP contribution in [0, 0.1) is 0 Å². The highest BCUT2D eigenvalue weighted by Crippen LogP contribution is 2.14. The number of hydrogen-bond acceptors (Lipinski definition) is 3. The van der Waals surface area contributed by atoms with Gasteiger partial charge in [0.2, 0.25) is 0 Å². The molecule has 21 heavy (non-hydrogen) atoms. The molecule has 1 aliphatic heterocycles. The van der Waals surface area contributed by atoms with E-state index in [4.69, 9.17) is 17.0 Å². The van der Waals surface area contributed by atoms with E-state index in [1.807, 2.05) is 7.05 Å². The van der Waals surface area contributed by atoms with Crippen LogP contribution in [0.2, 0.25) is 0 Å². The van der Waals surface area contributed by atoms with Crippen molar-refractivity contribution in [3.63, 3.8) is 0 Å². The Balaban J connectivity index is 1.85. The van der Waals surface area contributed by atoms with Crippen LogP contribution in [-0.2, 0) is 0 Å². The molecule has 2 rings (SSSR count). The van der Waals surface area contributed by atoms with Crippen molar-refractivity contribution in [1.29, 1.82) is 0 Å². The minimum absolute atomic E-state index is 0.0349. The Hall–Kier alpha value is -1.82. The molecule has 0 radical (unpaired) electrons. The van der Waals surface area contributed by atoms with Crippen LogP contribution in [0.15, 0.2) is 24.3 Å². The molecular weight excluding hydrogens is 286 g/mol. The second kappa shape index (κ2) is 7.26. The van der Waals surface area contributed by atoms with Crippen LogP contribution < -0.4 is 15.4 Å². The van der Waals surface area contributed by atoms with Crippen molar-refractivity contribution in [2.45, 2.75) is 18.9 Å². The van der Waals surface area contributed by atoms with Crippen LogP contribution in [0.3, 0.4) is 0 Å². The first-order valence-electron chi connectivity index (χ1n) is 7.05. The standard InChI is InChI=1S/C15H21N3O2S/c1-16-15(21)18-9-7-12(8-10-18)17-14(19)11-3-5-13(20-2)6-4-11/h3-6,12H,7-10H2,1-2H3,(H,16,21)(H,17,19). The van der Waals surface area contributed by atoms with E-state index in [1.165, 1.54) is 0 Å². The highest BCUT2D eigenvalue weighted by atomic mass is 32.1. The van der Waals surface area contributed by atoms with Crippen LogP contribution in [0.1, 0.15) is 23.2 Å². The summed E-state index contributed by atoms with van der Waals surface area (Å²) in [5.74, 6) is 0.715. The number of rotatable bonds is 3. The molecule has 0 atom stereocenters. The van der Waals surface area contributed by atoms with Crippen LogP contribution >= 0.6 is 12.2 Å². The molecule has 1 fully saturated rings. The summed E-state index contributed by atoms with van der Waals surface area (Å²) in [5, 5.41) is 6.84. The van der Waals surface area contributed by atoms with Crippen molar-refractivity contribution < 1.29 is 9.53 Å². The highest BCUT2D eigenvalue weighted by Gasteiger charge is 2.22. The maximum absolute atomic E-state index is 12.2. The third-order valence-electron chi connectivity index (χ3n) is 3.68. The molecule has 1 amide bonds. The highest BCUT2D eigenvalue weighted by molar-refractivity contribution is 7.80. The third-order valence-corrected chi connectivity index (χ3v) is 4.15. The van der Waals surface area contributed by atoms with Crippen LogP contribution in [0.25, 0.3) is 0 Å². The van der Waals surface area contributed by atoms with Crippen molar-refractivity contribution in [1.82, 2.24) is 15.5 Å². The minimum Gasteiger partial charge on any atom is -0.497 e. The molecular formula is C15H21N3O2S. The van der Waals surface area contributed by atoms with Gasteiger partial charge in [-0.05, 0) is 49.3 Å². The summed E-state index contributed by atoms with van der Waals surface area (Å²) in [7, 11) is 3.44. The summed E-state index contributed by atoms with van der Waals surface area (Å²) in [6, 6.07) is 7.35. The van der Waals surface area contributed by atoms with E-state index in [1.54, 1.807) is 31.4 Å². The Morgan fingerprint density at radius 3 is 2.43 bits per heavy atom. The van der Waals surface area contributed by atoms with Gasteiger partial charge in [-0.1, -0.05) is 0 Å². The summed E-state index contributed by atoms with van der Waals surface area (Å²) in [5.41, 5.74) is 0.656. The first-order chi connectivity index (χ1) is 10.1. The van der Waals surface area contributed by atoms with Gasteiger partial charge < -0.3 is 20.3 Å². The van der Waals surface area contributed by atoms with E-state index in [2.05, 4.69) is 15.5 Å². The summed E-state index contributed by atoms with van der Waals surface area (Å²) in [6.45, 7) is 1.74. The van der Waals surface area contributed by atoms with E-state index in [-0.39, 0.29) is 11.9 Å². The molecule has 1 aromatic carbocycles. The monoisotopic (exact) mass is 307 g/mol. The average Bonchev–Trinajstić information content (AvgIpc) is 2.55. The van der Waals surface area contributed by atoms with Gasteiger partial charge in [-0.25, -0.2) is 0 Å². The number of benzene rings is 1. The van der Waals surface area contributed by atoms with Gasteiger partial charge in [0, 0.05) is 31.7 Å². The number of carbonyl (C=O) groups excluding carboxylic acids is 1. The summed E-state index contributed by atoms with van der Waals surface area (Å²) >= 11 is 5.22. The van der Waals surface area contributed by atoms with Gasteiger partial charge in [0.1, 0.15) is 5.75 Å². The number of carbonyl (C=O) groups is 1. The molecule has 5 nitrogen and oxygen atoms in total. The van der Waals surface area contributed by atoms with Crippen LogP contribution in [0.4, 0.5) is 0 Å². The molecule has 1 heterocycles. The van der Waals surface area contributed by atoms with Crippen molar-refractivity contribution >= 4 is 23.2 Å². The molecule has 0 aromatic heterocycles. The normalized spacial score (nSPS) is 15.4. The van der Waals surface area contributed by atoms with Crippen LogP contribution in [0.5, 0.6) is 5.75 Å². The SMILES string of the molecule is CNC(=S)N1CCC(NC(=O)c2ccc(OC)cc2)CC1. The number of nitrogens with one attached hydrogen (secondary N) is 2. The van der Waals surface area contributed by atoms with E-state index in [0.29, 0.717) is 5.56 Å². The fourth-order valence-corrected chi connectivity index (χ4v) is 2.58. The molecule has 2 N–H and O–H groups in total. The Morgan fingerprint density at radius 2 is 1.90 bits per heavy atom. The zero-order valence-corrected chi connectivity index (χ0v) is 13.2. The Bertz CT molecular complexity index is 496. The topological polar surface area (TPSA) is 53.6 Å². The van der Waals surface area contributed by atoms with Crippen molar-refractivity contribution in [3.05, 3.63) is 29.8 Å². The van der Waals surface area contributed by atoms with Gasteiger partial charge in [0.15, 0.2) is 5.11 Å². The molecule has 1 aromatic rings. The van der Waals surface area contributed by atoms with E-state index >= 15 is 0 Å². The van der Waals surface area contributed by atoms with Gasteiger partial charge in [-0.3, -0.25) is 4.79 Å². The number of thiocarbonyl (C=S) groups is 1. The lowest BCUT2D eigenvalue weighted by molar-refractivity contribution is 0.0922. The lowest BCUT2D eigenvalue weighted by Gasteiger charge is -2.33. The lowest BCUT2D eigenvalue weighted by Crippen LogP contribution is -2.48. The molecule has 0 spiro atoms. The van der Waals surface area contributed by atoms with Gasteiger partial charge in [-0.15, -0.1) is 0 Å². The summed E-state index contributed by atoms with van der Waals surface area (Å²) in [6.07, 6.45) is 1.81. The number of nitrogens with zero attached hydrogens (tertiary/aromatic N) is 1. The summed E-state index contributed by atoms with van der Waals surface area (Å²) in [4.78, 5) is 14.3. The Morgan fingerprint density at radius 1 is 1.29 bits per heavy atom. The molecule has 0 unspecified atom stereocenters. The number of hydrogen-bond donors (Lipinski definition) is 2. The zero-order valence-electron chi connectivity index (χ0n) is 12.4. The number of methoxy groups -OCH3 is 1. The minimum atomic E-state index is -0.0349. The maximum atomic E-state index is 12.2. The first-order valence-corrected chi connectivity index (χ1v) is 7.46. The van der Waals surface area contributed by atoms with Crippen molar-refractivity contribution in [2.75, 3.05) is 27.2 Å². The molecule has 6 heteroatoms. The van der Waals surface area contributed by atoms with Gasteiger partial charge in [-0.2, -0.15) is 0 Å². The lowest BCUT2D eigenvalue weighted by atomic mass is 10.0. The Labute approximate surface area is 130 Å². The number of likely N-dealkylation sites (tertiary alicyclic amines) is 1. The van der Waals surface area contributed by atoms with Crippen molar-refractivity contribution in [3.8, 4) is 5.75 Å².